The van der Waals surface area contributed by atoms with Crippen molar-refractivity contribution in [2.24, 2.45) is 0 Å². The van der Waals surface area contributed by atoms with E-state index in [0.29, 0.717) is 6.04 Å². The van der Waals surface area contributed by atoms with Crippen LogP contribution in [0.3, 0.4) is 0 Å². The molecule has 0 aliphatic heterocycles. The Hall–Kier alpha value is -1.86. The summed E-state index contributed by atoms with van der Waals surface area (Å²) in [6.07, 6.45) is 2.49. The van der Waals surface area contributed by atoms with Gasteiger partial charge in [0.2, 0.25) is 0 Å². The number of benzene rings is 1. The average Bonchev–Trinajstić information content (AvgIpc) is 3.20. The summed E-state index contributed by atoms with van der Waals surface area (Å²) in [7, 11) is 0. The lowest BCUT2D eigenvalue weighted by atomic mass is 10.2. The van der Waals surface area contributed by atoms with Gasteiger partial charge in [-0.1, -0.05) is 29.5 Å². The van der Waals surface area contributed by atoms with Crippen LogP contribution in [0.5, 0.6) is 0 Å². The largest absolute Gasteiger partial charge is 0.332 e. The molecule has 1 aliphatic rings. The summed E-state index contributed by atoms with van der Waals surface area (Å²) in [5.41, 5.74) is 3.40. The first-order valence-electron chi connectivity index (χ1n) is 8.01. The van der Waals surface area contributed by atoms with E-state index in [0.717, 1.165) is 33.2 Å². The zero-order valence-corrected chi connectivity index (χ0v) is 15.3. The Balaban J connectivity index is 1.39. The van der Waals surface area contributed by atoms with Crippen LogP contribution in [0.2, 0.25) is 0 Å². The maximum absolute atomic E-state index is 4.67. The van der Waals surface area contributed by atoms with Crippen LogP contribution < -0.4 is 5.32 Å². The first-order chi connectivity index (χ1) is 11.7. The Morgan fingerprint density at radius 1 is 1.21 bits per heavy atom. The molecule has 5 nitrogen and oxygen atoms in total. The molecule has 0 unspecified atom stereocenters. The topological polar surface area (TPSA) is 55.6 Å². The van der Waals surface area contributed by atoms with Gasteiger partial charge in [0.1, 0.15) is 5.82 Å². The van der Waals surface area contributed by atoms with Crippen LogP contribution in [-0.4, -0.2) is 19.7 Å². The van der Waals surface area contributed by atoms with Gasteiger partial charge in [0, 0.05) is 22.9 Å². The quantitative estimate of drug-likeness (QED) is 0.647. The number of aryl methyl sites for hydroxylation is 2. The highest BCUT2D eigenvalue weighted by molar-refractivity contribution is 7.98. The number of hydrogen-bond donors (Lipinski definition) is 1. The van der Waals surface area contributed by atoms with Gasteiger partial charge in [0.25, 0.3) is 0 Å². The first-order valence-corrected chi connectivity index (χ1v) is 9.88. The van der Waals surface area contributed by atoms with Gasteiger partial charge in [-0.2, -0.15) is 0 Å². The van der Waals surface area contributed by atoms with Crippen molar-refractivity contribution in [1.82, 2.24) is 19.7 Å². The van der Waals surface area contributed by atoms with E-state index >= 15 is 0 Å². The molecule has 0 amide bonds. The number of hydrogen-bond acceptors (Lipinski definition) is 6. The Bertz CT molecular complexity index is 833. The second-order valence-electron chi connectivity index (χ2n) is 6.05. The molecule has 4 rings (SSSR count). The van der Waals surface area contributed by atoms with Gasteiger partial charge in [0.05, 0.1) is 5.69 Å². The third-order valence-electron chi connectivity index (χ3n) is 3.95. The first kappa shape index (κ1) is 15.7. The molecule has 1 aliphatic carbocycles. The van der Waals surface area contributed by atoms with E-state index in [1.165, 1.54) is 18.4 Å². The summed E-state index contributed by atoms with van der Waals surface area (Å²) in [4.78, 5) is 4.67. The van der Waals surface area contributed by atoms with Gasteiger partial charge in [-0.05, 0) is 38.8 Å². The lowest BCUT2D eigenvalue weighted by Gasteiger charge is -2.05. The maximum atomic E-state index is 4.67. The van der Waals surface area contributed by atoms with Gasteiger partial charge in [0.15, 0.2) is 10.3 Å². The lowest BCUT2D eigenvalue weighted by molar-refractivity contribution is 0.644. The Kier molecular flexibility index (Phi) is 4.28. The van der Waals surface area contributed by atoms with Gasteiger partial charge in [-0.3, -0.25) is 0 Å². The predicted molar refractivity (Wildman–Crippen MR) is 99.2 cm³/mol. The molecular formula is C17H19N5S2. The van der Waals surface area contributed by atoms with Gasteiger partial charge in [-0.15, -0.1) is 21.5 Å². The van der Waals surface area contributed by atoms with Crippen LogP contribution in [0.15, 0.2) is 34.8 Å². The molecule has 1 fully saturated rings. The fourth-order valence-electron chi connectivity index (χ4n) is 2.53. The molecule has 124 valence electrons. The van der Waals surface area contributed by atoms with Gasteiger partial charge < -0.3 is 9.88 Å². The number of thiazole rings is 1. The molecule has 1 saturated carbocycles. The summed E-state index contributed by atoms with van der Waals surface area (Å²) in [6, 6.07) is 8.95. The van der Waals surface area contributed by atoms with Crippen LogP contribution in [0.4, 0.5) is 10.8 Å². The van der Waals surface area contributed by atoms with E-state index in [-0.39, 0.29) is 0 Å². The van der Waals surface area contributed by atoms with Crippen LogP contribution >= 0.6 is 23.1 Å². The van der Waals surface area contributed by atoms with Crippen molar-refractivity contribution < 1.29 is 0 Å². The average molecular weight is 358 g/mol. The lowest BCUT2D eigenvalue weighted by Crippen LogP contribution is -1.99. The molecule has 24 heavy (non-hydrogen) atoms. The van der Waals surface area contributed by atoms with Crippen LogP contribution in [0.25, 0.3) is 0 Å². The van der Waals surface area contributed by atoms with Gasteiger partial charge in [-0.25, -0.2) is 4.98 Å². The van der Waals surface area contributed by atoms with Crippen molar-refractivity contribution in [3.05, 3.63) is 46.7 Å². The molecule has 3 aromatic rings. The highest BCUT2D eigenvalue weighted by Gasteiger charge is 2.28. The molecule has 0 atom stereocenters. The molecule has 0 radical (unpaired) electrons. The fourth-order valence-corrected chi connectivity index (χ4v) is 4.31. The van der Waals surface area contributed by atoms with Crippen LogP contribution in [0, 0.1) is 13.8 Å². The van der Waals surface area contributed by atoms with Crippen LogP contribution in [0.1, 0.15) is 36.0 Å². The number of nitrogens with one attached hydrogen (secondary N) is 1. The molecule has 7 heteroatoms. The zero-order valence-electron chi connectivity index (χ0n) is 13.7. The summed E-state index contributed by atoms with van der Waals surface area (Å²) >= 11 is 3.35. The number of rotatable bonds is 6. The molecule has 2 heterocycles. The van der Waals surface area contributed by atoms with E-state index in [2.05, 4.69) is 61.6 Å². The Morgan fingerprint density at radius 3 is 2.75 bits per heavy atom. The van der Waals surface area contributed by atoms with Crippen molar-refractivity contribution >= 4 is 33.9 Å². The summed E-state index contributed by atoms with van der Waals surface area (Å²) in [5, 5.41) is 15.9. The summed E-state index contributed by atoms with van der Waals surface area (Å²) in [6.45, 7) is 4.12. The number of aromatic nitrogens is 4. The monoisotopic (exact) mass is 357 g/mol. The number of anilines is 2. The molecule has 2 aromatic heterocycles. The van der Waals surface area contributed by atoms with E-state index in [4.69, 9.17) is 0 Å². The highest BCUT2D eigenvalue weighted by atomic mass is 32.2. The maximum Gasteiger partial charge on any atom is 0.191 e. The van der Waals surface area contributed by atoms with E-state index in [1.807, 2.05) is 6.92 Å². The molecule has 0 saturated heterocycles. The summed E-state index contributed by atoms with van der Waals surface area (Å²) in [5.74, 6) is 1.83. The third kappa shape index (κ3) is 3.47. The number of nitrogens with zero attached hydrogens (tertiary/aromatic N) is 4. The van der Waals surface area contributed by atoms with E-state index in [9.17, 15) is 0 Å². The smallest absolute Gasteiger partial charge is 0.191 e. The Morgan fingerprint density at radius 2 is 2.00 bits per heavy atom. The summed E-state index contributed by atoms with van der Waals surface area (Å²) < 4.78 is 2.27. The van der Waals surface area contributed by atoms with Gasteiger partial charge >= 0.3 is 0 Å². The van der Waals surface area contributed by atoms with Crippen LogP contribution in [-0.2, 0) is 5.75 Å². The minimum atomic E-state index is 0.608. The molecule has 0 bridgehead atoms. The SMILES string of the molecule is Cc1ccc(Nc2nc(CSc3nnc(C)n3C3CC3)cs2)cc1. The second-order valence-corrected chi connectivity index (χ2v) is 7.86. The second kappa shape index (κ2) is 6.57. The Labute approximate surface area is 149 Å². The van der Waals surface area contributed by atoms with Crippen molar-refractivity contribution in [2.75, 3.05) is 5.32 Å². The third-order valence-corrected chi connectivity index (χ3v) is 5.73. The number of thioether (sulfide) groups is 1. The van der Waals surface area contributed by atoms with E-state index in [1.54, 1.807) is 23.1 Å². The van der Waals surface area contributed by atoms with Crippen molar-refractivity contribution in [3.8, 4) is 0 Å². The standard InChI is InChI=1S/C17H19N5S2/c1-11-3-5-13(6-4-11)18-16-19-14(9-23-16)10-24-17-21-20-12(2)22(17)15-7-8-15/h3-6,9,15H,7-8,10H2,1-2H3,(H,18,19). The minimum Gasteiger partial charge on any atom is -0.332 e. The fraction of sp³-hybridized carbons (Fsp3) is 0.353. The normalized spacial score (nSPS) is 14.1. The van der Waals surface area contributed by atoms with Crippen molar-refractivity contribution in [2.45, 2.75) is 43.6 Å². The zero-order chi connectivity index (χ0) is 16.5. The van der Waals surface area contributed by atoms with E-state index < -0.39 is 0 Å². The molecule has 0 spiro atoms. The molecule has 1 N–H and O–H groups in total. The van der Waals surface area contributed by atoms with Crippen molar-refractivity contribution in [3.63, 3.8) is 0 Å². The predicted octanol–water partition coefficient (Wildman–Crippen LogP) is 4.72. The molecular weight excluding hydrogens is 338 g/mol. The molecule has 1 aromatic carbocycles. The van der Waals surface area contributed by atoms with Crippen molar-refractivity contribution in [1.29, 1.82) is 0 Å². The minimum absolute atomic E-state index is 0.608. The highest BCUT2D eigenvalue weighted by Crippen LogP contribution is 2.39.